The molecule has 0 unspecified atom stereocenters. The normalized spacial score (nSPS) is 9.88. The van der Waals surface area contributed by atoms with Gasteiger partial charge in [0.25, 0.3) is 0 Å². The molecule has 0 aliphatic heterocycles. The molecule has 5 nitrogen and oxygen atoms in total. The largest absolute Gasteiger partial charge is 0.489 e. The van der Waals surface area contributed by atoms with Gasteiger partial charge in [0.2, 0.25) is 5.91 Å². The van der Waals surface area contributed by atoms with E-state index in [-0.39, 0.29) is 5.91 Å². The van der Waals surface area contributed by atoms with Gasteiger partial charge in [-0.15, -0.1) is 0 Å². The molecule has 88 valence electrons. The number of aryl methyl sites for hydroxylation is 1. The number of carbonyl (C=O) groups excluding carboxylic acids is 1. The van der Waals surface area contributed by atoms with E-state index in [4.69, 9.17) is 10.5 Å². The quantitative estimate of drug-likeness (QED) is 0.776. The van der Waals surface area contributed by atoms with E-state index in [2.05, 4.69) is 10.3 Å². The van der Waals surface area contributed by atoms with Crippen molar-refractivity contribution in [1.29, 1.82) is 0 Å². The van der Waals surface area contributed by atoms with Crippen LogP contribution in [0.5, 0.6) is 5.75 Å². The van der Waals surface area contributed by atoms with Crippen molar-refractivity contribution in [3.05, 3.63) is 17.8 Å². The molecule has 0 spiro atoms. The van der Waals surface area contributed by atoms with Crippen molar-refractivity contribution in [2.75, 3.05) is 18.9 Å². The first-order valence-electron chi connectivity index (χ1n) is 5.26. The number of ether oxygens (including phenoxy) is 1. The van der Waals surface area contributed by atoms with Gasteiger partial charge in [-0.05, 0) is 26.0 Å². The lowest BCUT2D eigenvalue weighted by Crippen LogP contribution is -2.24. The van der Waals surface area contributed by atoms with Gasteiger partial charge in [0.15, 0.2) is 11.6 Å². The van der Waals surface area contributed by atoms with Crippen LogP contribution in [0, 0.1) is 6.92 Å². The van der Waals surface area contributed by atoms with Gasteiger partial charge in [-0.25, -0.2) is 4.98 Å². The Labute approximate surface area is 95.0 Å². The standard InChI is InChI=1S/C11H17N3O2/c1-3-13-10(15)6-7-16-9-5-4-8(2)14-11(9)12/h4-5H,3,6-7H2,1-2H3,(H2,12,14)(H,13,15). The molecule has 1 rings (SSSR count). The van der Waals surface area contributed by atoms with E-state index >= 15 is 0 Å². The predicted molar refractivity (Wildman–Crippen MR) is 62.2 cm³/mol. The topological polar surface area (TPSA) is 77.2 Å². The second-order valence-electron chi connectivity index (χ2n) is 3.39. The number of nitrogens with two attached hydrogens (primary N) is 1. The minimum absolute atomic E-state index is 0.0267. The Morgan fingerprint density at radius 2 is 2.31 bits per heavy atom. The fourth-order valence-corrected chi connectivity index (χ4v) is 1.23. The second-order valence-corrected chi connectivity index (χ2v) is 3.39. The fraction of sp³-hybridized carbons (Fsp3) is 0.455. The van der Waals surface area contributed by atoms with Crippen LogP contribution in [0.3, 0.4) is 0 Å². The monoisotopic (exact) mass is 223 g/mol. The molecular formula is C11H17N3O2. The SMILES string of the molecule is CCNC(=O)CCOc1ccc(C)nc1N. The van der Waals surface area contributed by atoms with Crippen LogP contribution in [0.25, 0.3) is 0 Å². The molecule has 16 heavy (non-hydrogen) atoms. The molecule has 0 fully saturated rings. The first kappa shape index (κ1) is 12.3. The average Bonchev–Trinajstić information content (AvgIpc) is 2.22. The molecular weight excluding hydrogens is 206 g/mol. The first-order valence-corrected chi connectivity index (χ1v) is 5.26. The lowest BCUT2D eigenvalue weighted by atomic mass is 10.3. The molecule has 0 saturated heterocycles. The Balaban J connectivity index is 2.40. The van der Waals surface area contributed by atoms with Gasteiger partial charge >= 0.3 is 0 Å². The molecule has 0 aromatic carbocycles. The van der Waals surface area contributed by atoms with Crippen LogP contribution in [0.4, 0.5) is 5.82 Å². The van der Waals surface area contributed by atoms with Crippen molar-refractivity contribution in [3.63, 3.8) is 0 Å². The fourth-order valence-electron chi connectivity index (χ4n) is 1.23. The number of amides is 1. The Hall–Kier alpha value is -1.78. The number of nitrogens with one attached hydrogen (secondary N) is 1. The van der Waals surface area contributed by atoms with E-state index < -0.39 is 0 Å². The Kier molecular flexibility index (Phi) is 4.57. The number of anilines is 1. The van der Waals surface area contributed by atoms with Crippen molar-refractivity contribution < 1.29 is 9.53 Å². The van der Waals surface area contributed by atoms with Crippen molar-refractivity contribution in [2.45, 2.75) is 20.3 Å². The van der Waals surface area contributed by atoms with E-state index in [1.165, 1.54) is 0 Å². The van der Waals surface area contributed by atoms with Gasteiger partial charge in [-0.1, -0.05) is 0 Å². The van der Waals surface area contributed by atoms with Gasteiger partial charge in [0, 0.05) is 12.2 Å². The number of nitrogen functional groups attached to an aromatic ring is 1. The summed E-state index contributed by atoms with van der Waals surface area (Å²) >= 11 is 0. The highest BCUT2D eigenvalue weighted by molar-refractivity contribution is 5.75. The van der Waals surface area contributed by atoms with Gasteiger partial charge in [0.1, 0.15) is 0 Å². The van der Waals surface area contributed by atoms with E-state index in [1.54, 1.807) is 6.07 Å². The first-order chi connectivity index (χ1) is 7.63. The molecule has 3 N–H and O–H groups in total. The number of pyridine rings is 1. The third-order valence-electron chi connectivity index (χ3n) is 1.99. The highest BCUT2D eigenvalue weighted by atomic mass is 16.5. The lowest BCUT2D eigenvalue weighted by molar-refractivity contribution is -0.121. The maximum atomic E-state index is 11.1. The summed E-state index contributed by atoms with van der Waals surface area (Å²) in [4.78, 5) is 15.2. The molecule has 0 bridgehead atoms. The summed E-state index contributed by atoms with van der Waals surface area (Å²) < 4.78 is 5.36. The highest BCUT2D eigenvalue weighted by Gasteiger charge is 2.03. The average molecular weight is 223 g/mol. The van der Waals surface area contributed by atoms with Gasteiger partial charge in [-0.2, -0.15) is 0 Å². The number of rotatable bonds is 5. The predicted octanol–water partition coefficient (Wildman–Crippen LogP) is 0.877. The Bertz CT molecular complexity index is 366. The summed E-state index contributed by atoms with van der Waals surface area (Å²) in [6, 6.07) is 3.58. The highest BCUT2D eigenvalue weighted by Crippen LogP contribution is 2.18. The number of aromatic nitrogens is 1. The van der Waals surface area contributed by atoms with E-state index in [0.29, 0.717) is 31.1 Å². The summed E-state index contributed by atoms with van der Waals surface area (Å²) in [5.41, 5.74) is 6.50. The summed E-state index contributed by atoms with van der Waals surface area (Å²) in [5.74, 6) is 0.854. The van der Waals surface area contributed by atoms with Crippen LogP contribution in [-0.4, -0.2) is 24.0 Å². The van der Waals surface area contributed by atoms with Crippen LogP contribution in [0.15, 0.2) is 12.1 Å². The van der Waals surface area contributed by atoms with Crippen molar-refractivity contribution in [2.24, 2.45) is 0 Å². The van der Waals surface area contributed by atoms with Crippen LogP contribution in [-0.2, 0) is 4.79 Å². The van der Waals surface area contributed by atoms with Crippen molar-refractivity contribution >= 4 is 11.7 Å². The van der Waals surface area contributed by atoms with Gasteiger partial charge < -0.3 is 15.8 Å². The van der Waals surface area contributed by atoms with Crippen molar-refractivity contribution in [3.8, 4) is 5.75 Å². The lowest BCUT2D eigenvalue weighted by Gasteiger charge is -2.08. The number of nitrogens with zero attached hydrogens (tertiary/aromatic N) is 1. The zero-order valence-electron chi connectivity index (χ0n) is 9.62. The summed E-state index contributed by atoms with van der Waals surface area (Å²) in [6.45, 7) is 4.67. The van der Waals surface area contributed by atoms with Gasteiger partial charge in [-0.3, -0.25) is 4.79 Å². The molecule has 1 heterocycles. The third kappa shape index (κ3) is 3.76. The molecule has 1 amide bonds. The van der Waals surface area contributed by atoms with Crippen LogP contribution in [0.2, 0.25) is 0 Å². The Morgan fingerprint density at radius 1 is 1.56 bits per heavy atom. The minimum atomic E-state index is -0.0267. The van der Waals surface area contributed by atoms with Crippen molar-refractivity contribution in [1.82, 2.24) is 10.3 Å². The molecule has 0 aliphatic rings. The van der Waals surface area contributed by atoms with Crippen LogP contribution in [0.1, 0.15) is 19.0 Å². The van der Waals surface area contributed by atoms with Gasteiger partial charge in [0.05, 0.1) is 13.0 Å². The zero-order valence-corrected chi connectivity index (χ0v) is 9.62. The summed E-state index contributed by atoms with van der Waals surface area (Å²) in [6.07, 6.45) is 0.321. The van der Waals surface area contributed by atoms with Crippen LogP contribution < -0.4 is 15.8 Å². The van der Waals surface area contributed by atoms with E-state index in [9.17, 15) is 4.79 Å². The third-order valence-corrected chi connectivity index (χ3v) is 1.99. The maximum Gasteiger partial charge on any atom is 0.223 e. The maximum absolute atomic E-state index is 11.1. The van der Waals surface area contributed by atoms with Crippen LogP contribution >= 0.6 is 0 Å². The molecule has 0 atom stereocenters. The molecule has 0 saturated carbocycles. The summed E-state index contributed by atoms with van der Waals surface area (Å²) in [7, 11) is 0. The number of carbonyl (C=O) groups is 1. The molecule has 0 aliphatic carbocycles. The molecule has 0 radical (unpaired) electrons. The number of hydrogen-bond acceptors (Lipinski definition) is 4. The van der Waals surface area contributed by atoms with E-state index in [0.717, 1.165) is 5.69 Å². The number of hydrogen-bond donors (Lipinski definition) is 2. The molecule has 1 aromatic heterocycles. The zero-order chi connectivity index (χ0) is 12.0. The Morgan fingerprint density at radius 3 is 2.94 bits per heavy atom. The smallest absolute Gasteiger partial charge is 0.223 e. The van der Waals surface area contributed by atoms with E-state index in [1.807, 2.05) is 19.9 Å². The second kappa shape index (κ2) is 5.95. The molecule has 1 aromatic rings. The summed E-state index contributed by atoms with van der Waals surface area (Å²) in [5, 5.41) is 2.69. The minimum Gasteiger partial charge on any atom is -0.489 e. The molecule has 5 heteroatoms.